The predicted molar refractivity (Wildman–Crippen MR) is 325 cm³/mol. The molecule has 2 aliphatic heterocycles. The van der Waals surface area contributed by atoms with E-state index in [-0.39, 0.29) is 100 Å². The lowest BCUT2D eigenvalue weighted by molar-refractivity contribution is -0.142. The second-order valence-electron chi connectivity index (χ2n) is 22.7. The molecule has 0 spiro atoms. The number of hydrogen-bond donors (Lipinski definition) is 10. The van der Waals surface area contributed by atoms with Gasteiger partial charge in [-0.2, -0.15) is 0 Å². The summed E-state index contributed by atoms with van der Waals surface area (Å²) >= 11 is 0. The second-order valence-corrected chi connectivity index (χ2v) is 25.2. The van der Waals surface area contributed by atoms with Crippen LogP contribution in [0.15, 0.2) is 48.5 Å². The molecule has 2 heterocycles. The Bertz CT molecular complexity index is 2640. The summed E-state index contributed by atoms with van der Waals surface area (Å²) in [6.45, 7) is 17.2. The maximum Gasteiger partial charge on any atom is 0.245 e. The van der Waals surface area contributed by atoms with Gasteiger partial charge in [0, 0.05) is 83.4 Å². The third-order valence-electron chi connectivity index (χ3n) is 14.0. The fraction of sp³-hybridized carbons (Fsp3) is 0.593. The van der Waals surface area contributed by atoms with Crippen molar-refractivity contribution in [3.63, 3.8) is 0 Å². The number of carbonyl (C=O) groups is 12. The Kier molecular flexibility index (Phi) is 29.3. The number of nitrogens with one attached hydrogen (secondary N) is 10. The molecule has 8 atom stereocenters. The molecule has 0 bridgehead atoms. The van der Waals surface area contributed by atoms with Gasteiger partial charge in [-0.1, -0.05) is 109 Å². The van der Waals surface area contributed by atoms with Crippen molar-refractivity contribution in [3.05, 3.63) is 70.8 Å². The van der Waals surface area contributed by atoms with E-state index < -0.39 is 120 Å². The Morgan fingerprint density at radius 2 is 1.20 bits per heavy atom. The Balaban J connectivity index is 1.69. The first-order valence-corrected chi connectivity index (χ1v) is 31.4. The average molecular weight is 1220 g/mol. The summed E-state index contributed by atoms with van der Waals surface area (Å²) < 4.78 is 0. The molecule has 85 heavy (non-hydrogen) atoms. The highest BCUT2D eigenvalue weighted by Crippen LogP contribution is 2.25. The monoisotopic (exact) mass is 1220 g/mol. The van der Waals surface area contributed by atoms with Crippen molar-refractivity contribution in [1.82, 2.24) is 63.0 Å². The molecule has 0 aliphatic carbocycles. The highest BCUT2D eigenvalue weighted by Gasteiger charge is 2.40. The van der Waals surface area contributed by atoms with Gasteiger partial charge in [0.05, 0.1) is 13.1 Å². The number of amides is 11. The fourth-order valence-corrected chi connectivity index (χ4v) is 11.9. The number of benzene rings is 2. The first-order chi connectivity index (χ1) is 40.2. The van der Waals surface area contributed by atoms with Crippen molar-refractivity contribution in [3.8, 4) is 0 Å². The topological polar surface area (TPSA) is 332 Å². The van der Waals surface area contributed by atoms with E-state index in [2.05, 4.69) is 53.2 Å². The van der Waals surface area contributed by atoms with Crippen molar-refractivity contribution in [2.75, 3.05) is 57.3 Å². The zero-order valence-electron chi connectivity index (χ0n) is 50.6. The summed E-state index contributed by atoms with van der Waals surface area (Å²) in [7, 11) is 2.43. The summed E-state index contributed by atoms with van der Waals surface area (Å²) in [6.07, 6.45) is 0.185. The Morgan fingerprint density at radius 1 is 0.671 bits per heavy atom. The number of rotatable bonds is 21. The largest absolute Gasteiger partial charge is 0.355 e. The van der Waals surface area contributed by atoms with Gasteiger partial charge in [0.15, 0.2) is 0 Å². The van der Waals surface area contributed by atoms with Crippen LogP contribution in [0.4, 0.5) is 0 Å². The molecule has 0 aromatic heterocycles. The van der Waals surface area contributed by atoms with Gasteiger partial charge < -0.3 is 58.1 Å². The van der Waals surface area contributed by atoms with Crippen LogP contribution in [-0.4, -0.2) is 186 Å². The number of aryl methyl sites for hydroxylation is 2. The quantitative estimate of drug-likeness (QED) is 0.0750. The van der Waals surface area contributed by atoms with E-state index in [0.717, 1.165) is 11.1 Å². The van der Waals surface area contributed by atoms with Crippen molar-refractivity contribution in [2.45, 2.75) is 156 Å². The lowest BCUT2D eigenvalue weighted by Crippen LogP contribution is -2.60. The molecule has 10 N–H and O–H groups in total. The second kappa shape index (κ2) is 35.4. The molecule has 1 unspecified atom stereocenters. The third-order valence-corrected chi connectivity index (χ3v) is 16.6. The maximum atomic E-state index is 14.7. The molecule has 4 rings (SSSR count). The lowest BCUT2D eigenvalue weighted by Gasteiger charge is -2.31. The van der Waals surface area contributed by atoms with E-state index >= 15 is 0 Å². The Hall–Kier alpha value is -7.06. The zero-order chi connectivity index (χ0) is 62.9. The highest BCUT2D eigenvalue weighted by molar-refractivity contribution is 8.76. The maximum absolute atomic E-state index is 14.7. The van der Waals surface area contributed by atoms with E-state index in [1.165, 1.54) is 47.3 Å². The first kappa shape index (κ1) is 70.4. The minimum Gasteiger partial charge on any atom is -0.355 e. The van der Waals surface area contributed by atoms with Gasteiger partial charge in [-0.15, -0.1) is 0 Å². The molecule has 2 saturated heterocycles. The van der Waals surface area contributed by atoms with Gasteiger partial charge in [-0.05, 0) is 69.9 Å². The van der Waals surface area contributed by atoms with Crippen molar-refractivity contribution >= 4 is 92.4 Å². The van der Waals surface area contributed by atoms with Crippen LogP contribution in [-0.2, 0) is 70.4 Å². The number of ketones is 1. The third kappa shape index (κ3) is 25.2. The number of nitrogens with zero attached hydrogens (tertiary/aromatic N) is 2. The fourth-order valence-electron chi connectivity index (χ4n) is 9.48. The van der Waals surface area contributed by atoms with Crippen molar-refractivity contribution in [2.24, 2.45) is 11.8 Å². The van der Waals surface area contributed by atoms with E-state index in [9.17, 15) is 57.5 Å². The average Bonchev–Trinajstić information content (AvgIpc) is 4.22. The molecule has 2 aromatic carbocycles. The van der Waals surface area contributed by atoms with Crippen molar-refractivity contribution < 1.29 is 57.5 Å². The van der Waals surface area contributed by atoms with Crippen LogP contribution in [0, 0.1) is 25.7 Å². The van der Waals surface area contributed by atoms with Gasteiger partial charge in [0.1, 0.15) is 48.1 Å². The van der Waals surface area contributed by atoms with Gasteiger partial charge >= 0.3 is 0 Å². The van der Waals surface area contributed by atoms with Gasteiger partial charge in [-0.3, -0.25) is 62.4 Å². The summed E-state index contributed by atoms with van der Waals surface area (Å²) in [6, 6.07) is 5.14. The molecule has 2 aliphatic rings. The van der Waals surface area contributed by atoms with E-state index in [0.29, 0.717) is 17.5 Å². The zero-order valence-corrected chi connectivity index (χ0v) is 52.2. The summed E-state index contributed by atoms with van der Waals surface area (Å²) in [4.78, 5) is 167. The number of likely N-dealkylation sites (tertiary alicyclic amines) is 1. The van der Waals surface area contributed by atoms with E-state index in [4.69, 9.17) is 0 Å². The van der Waals surface area contributed by atoms with Gasteiger partial charge in [0.25, 0.3) is 0 Å². The molecule has 2 fully saturated rings. The van der Waals surface area contributed by atoms with Crippen LogP contribution in [0.1, 0.15) is 103 Å². The van der Waals surface area contributed by atoms with Crippen LogP contribution < -0.4 is 53.2 Å². The van der Waals surface area contributed by atoms with Gasteiger partial charge in [-0.25, -0.2) is 0 Å². The normalized spacial score (nSPS) is 22.0. The Morgan fingerprint density at radius 3 is 1.73 bits per heavy atom. The molecular formula is C59H88N12O12S2. The molecular weight excluding hydrogens is 1130 g/mol. The molecule has 0 radical (unpaired) electrons. The van der Waals surface area contributed by atoms with E-state index in [1.54, 1.807) is 49.9 Å². The number of hydrogen-bond acceptors (Lipinski definition) is 15. The molecule has 26 heteroatoms. The number of carbonyl (C=O) groups excluding carboxylic acids is 12. The first-order valence-electron chi connectivity index (χ1n) is 28.9. The van der Waals surface area contributed by atoms with Crippen LogP contribution in [0.2, 0.25) is 0 Å². The molecule has 2 aromatic rings. The predicted octanol–water partition coefficient (Wildman–Crippen LogP) is 0.260. The molecule has 11 amide bonds. The molecule has 24 nitrogen and oxygen atoms in total. The molecule has 0 saturated carbocycles. The standard InChI is InChI=1S/C59H88N12O12S2/c1-34(2)26-47(64-51(76)31-70(24-21-60-40(9)73)25-22-61-41(10)74)59(83)71-23-11-12-49(71)57(81)68-48-33-85-84-32-38(7)63-58(82)52(35(3)4)69-50(75)30-62-53(77)45(28-42-17-13-36(5)14-18-42)66-55(79)46(29-43-19-15-37(6)16-20-43)67-54(78)44(27-39(8)72)65-56(48)80/h13-20,34-35,38,44-49,52H,11-12,21-33H2,1-10H3,(H,60,73)(H,61,74)(H,62,77)(H,63,82)(H,64,76)(H,65,80)(H,66,79)(H,67,78)(H,68,81)(H,69,75)/t38-,44+,45+,46+,47+,48+,49+,52?/m1/s1. The highest BCUT2D eigenvalue weighted by atomic mass is 33.1. The van der Waals surface area contributed by atoms with Gasteiger partial charge in [0.2, 0.25) is 65.0 Å². The summed E-state index contributed by atoms with van der Waals surface area (Å²) in [5.41, 5.74) is 3.16. The number of Topliss-reactive ketones (excluding diaryl/α,β-unsaturated/α-hetero) is 1. The van der Waals surface area contributed by atoms with E-state index in [1.807, 2.05) is 52.0 Å². The lowest BCUT2D eigenvalue weighted by atomic mass is 10.0. The van der Waals surface area contributed by atoms with Crippen molar-refractivity contribution in [1.29, 1.82) is 0 Å². The van der Waals surface area contributed by atoms with Crippen LogP contribution >= 0.6 is 21.6 Å². The summed E-state index contributed by atoms with van der Waals surface area (Å²) in [5.74, 6) is -7.48. The minimum absolute atomic E-state index is 0.0292. The Labute approximate surface area is 506 Å². The van der Waals surface area contributed by atoms with Crippen LogP contribution in [0.5, 0.6) is 0 Å². The minimum atomic E-state index is -1.58. The summed E-state index contributed by atoms with van der Waals surface area (Å²) in [5, 5.41) is 27.4. The molecule has 468 valence electrons. The van der Waals surface area contributed by atoms with Crippen LogP contribution in [0.25, 0.3) is 0 Å². The smallest absolute Gasteiger partial charge is 0.245 e. The SMILES string of the molecule is CC(=O)C[C@@H]1NC(=O)[C@@H](NC(=O)[C@@H]2CCCN2C(=O)[C@H](CC(C)C)NC(=O)CN(CCNC(C)=O)CCNC(C)=O)CSSC[C@@H](C)NC(=O)C(C(C)C)NC(=O)CNC(=O)[C@H](Cc2ccc(C)cc2)NC(=O)[C@H](Cc2ccc(C)cc2)NC1=O. The van der Waals surface area contributed by atoms with Crippen LogP contribution in [0.3, 0.4) is 0 Å².